The average Bonchev–Trinajstić information content (AvgIpc) is 2.64. The first-order valence-corrected chi connectivity index (χ1v) is 9.62. The number of aromatic hydroxyl groups is 1. The van der Waals surface area contributed by atoms with Crippen molar-refractivity contribution in [1.29, 1.82) is 0 Å². The van der Waals surface area contributed by atoms with Gasteiger partial charge in [-0.1, -0.05) is 24.3 Å². The highest BCUT2D eigenvalue weighted by molar-refractivity contribution is 7.89. The van der Waals surface area contributed by atoms with E-state index in [4.69, 9.17) is 0 Å². The number of hydrogen-bond acceptors (Lipinski definition) is 4. The van der Waals surface area contributed by atoms with Gasteiger partial charge in [-0.05, 0) is 29.8 Å². The molecule has 0 aliphatic carbocycles. The third kappa shape index (κ3) is 3.86. The molecular formula is C18H19FN2O4S. The average molecular weight is 378 g/mol. The van der Waals surface area contributed by atoms with Gasteiger partial charge >= 0.3 is 0 Å². The fourth-order valence-corrected chi connectivity index (χ4v) is 4.36. The number of rotatable bonds is 4. The minimum Gasteiger partial charge on any atom is -0.508 e. The van der Waals surface area contributed by atoms with E-state index in [0.29, 0.717) is 0 Å². The number of phenolic OH excluding ortho intramolecular Hbond substituents is 1. The number of piperazine rings is 1. The minimum atomic E-state index is -3.91. The molecule has 1 aliphatic heterocycles. The van der Waals surface area contributed by atoms with E-state index in [1.807, 2.05) is 0 Å². The van der Waals surface area contributed by atoms with Crippen LogP contribution in [-0.2, 0) is 21.2 Å². The Balaban J connectivity index is 1.62. The number of amides is 1. The third-order valence-electron chi connectivity index (χ3n) is 4.34. The molecule has 6 nitrogen and oxygen atoms in total. The maximum Gasteiger partial charge on any atom is 0.246 e. The first kappa shape index (κ1) is 18.3. The van der Waals surface area contributed by atoms with Crippen LogP contribution in [0.1, 0.15) is 5.56 Å². The number of phenols is 1. The molecule has 3 rings (SSSR count). The molecule has 0 atom stereocenters. The van der Waals surface area contributed by atoms with Gasteiger partial charge in [-0.15, -0.1) is 0 Å². The molecule has 0 unspecified atom stereocenters. The van der Waals surface area contributed by atoms with E-state index in [1.165, 1.54) is 34.6 Å². The van der Waals surface area contributed by atoms with Crippen molar-refractivity contribution >= 4 is 15.9 Å². The molecule has 0 radical (unpaired) electrons. The van der Waals surface area contributed by atoms with Gasteiger partial charge < -0.3 is 10.0 Å². The first-order valence-electron chi connectivity index (χ1n) is 8.18. The Morgan fingerprint density at radius 3 is 2.23 bits per heavy atom. The predicted octanol–water partition coefficient (Wildman–Crippen LogP) is 1.61. The summed E-state index contributed by atoms with van der Waals surface area (Å²) in [5.74, 6) is -0.759. The van der Waals surface area contributed by atoms with Crippen LogP contribution in [0.3, 0.4) is 0 Å². The van der Waals surface area contributed by atoms with Crippen LogP contribution in [0.5, 0.6) is 5.75 Å². The van der Waals surface area contributed by atoms with Crippen molar-refractivity contribution in [2.75, 3.05) is 26.2 Å². The SMILES string of the molecule is O=C(Cc1ccc(O)cc1)N1CCN(S(=O)(=O)c2ccccc2F)CC1. The normalized spacial score (nSPS) is 15.8. The summed E-state index contributed by atoms with van der Waals surface area (Å²) < 4.78 is 40.2. The van der Waals surface area contributed by atoms with Gasteiger partial charge in [0.05, 0.1) is 6.42 Å². The molecular weight excluding hydrogens is 359 g/mol. The fraction of sp³-hybridized carbons (Fsp3) is 0.278. The highest BCUT2D eigenvalue weighted by Gasteiger charge is 2.31. The van der Waals surface area contributed by atoms with E-state index in [9.17, 15) is 22.7 Å². The lowest BCUT2D eigenvalue weighted by molar-refractivity contribution is -0.131. The fourth-order valence-electron chi connectivity index (χ4n) is 2.87. The van der Waals surface area contributed by atoms with Gasteiger partial charge in [0.1, 0.15) is 16.5 Å². The second-order valence-corrected chi connectivity index (χ2v) is 7.96. The van der Waals surface area contributed by atoms with Crippen molar-refractivity contribution in [3.05, 3.63) is 59.9 Å². The molecule has 138 valence electrons. The Hall–Kier alpha value is -2.45. The van der Waals surface area contributed by atoms with Crippen molar-refractivity contribution in [1.82, 2.24) is 9.21 Å². The molecule has 8 heteroatoms. The van der Waals surface area contributed by atoms with Gasteiger partial charge in [-0.25, -0.2) is 12.8 Å². The summed E-state index contributed by atoms with van der Waals surface area (Å²) in [6.07, 6.45) is 0.181. The molecule has 0 bridgehead atoms. The lowest BCUT2D eigenvalue weighted by atomic mass is 10.1. The molecule has 1 saturated heterocycles. The van der Waals surface area contributed by atoms with Crippen LogP contribution in [0.25, 0.3) is 0 Å². The second kappa shape index (κ2) is 7.43. The zero-order chi connectivity index (χ0) is 18.7. The lowest BCUT2D eigenvalue weighted by Crippen LogP contribution is -2.51. The monoisotopic (exact) mass is 378 g/mol. The van der Waals surface area contributed by atoms with Crippen LogP contribution in [0.4, 0.5) is 4.39 Å². The van der Waals surface area contributed by atoms with E-state index >= 15 is 0 Å². The molecule has 0 spiro atoms. The maximum atomic E-state index is 13.8. The standard InChI is InChI=1S/C18H19FN2O4S/c19-16-3-1-2-4-17(16)26(24,25)21-11-9-20(10-12-21)18(23)13-14-5-7-15(22)8-6-14/h1-8,22H,9-13H2. The highest BCUT2D eigenvalue weighted by Crippen LogP contribution is 2.20. The molecule has 0 aromatic heterocycles. The van der Waals surface area contributed by atoms with E-state index in [1.54, 1.807) is 17.0 Å². The molecule has 2 aromatic rings. The summed E-state index contributed by atoms with van der Waals surface area (Å²) in [7, 11) is -3.91. The minimum absolute atomic E-state index is 0.112. The van der Waals surface area contributed by atoms with E-state index in [2.05, 4.69) is 0 Å². The zero-order valence-electron chi connectivity index (χ0n) is 14.0. The number of nitrogens with zero attached hydrogens (tertiary/aromatic N) is 2. The number of benzene rings is 2. The van der Waals surface area contributed by atoms with Gasteiger partial charge in [0.2, 0.25) is 15.9 Å². The van der Waals surface area contributed by atoms with Crippen molar-refractivity contribution in [3.8, 4) is 5.75 Å². The van der Waals surface area contributed by atoms with Gasteiger partial charge in [0.25, 0.3) is 0 Å². The largest absolute Gasteiger partial charge is 0.508 e. The van der Waals surface area contributed by atoms with Crippen molar-refractivity contribution in [2.45, 2.75) is 11.3 Å². The summed E-state index contributed by atoms with van der Waals surface area (Å²) in [6.45, 7) is 0.755. The molecule has 1 amide bonds. The molecule has 2 aromatic carbocycles. The van der Waals surface area contributed by atoms with Gasteiger partial charge in [0, 0.05) is 26.2 Å². The number of sulfonamides is 1. The Bertz CT molecular complexity index is 892. The quantitative estimate of drug-likeness (QED) is 0.877. The summed E-state index contributed by atoms with van der Waals surface area (Å²) in [4.78, 5) is 13.6. The van der Waals surface area contributed by atoms with Gasteiger partial charge in [0.15, 0.2) is 0 Å². The maximum absolute atomic E-state index is 13.8. The molecule has 1 fully saturated rings. The topological polar surface area (TPSA) is 77.9 Å². The van der Waals surface area contributed by atoms with Crippen molar-refractivity contribution < 1.29 is 22.7 Å². The molecule has 1 N–H and O–H groups in total. The molecule has 1 heterocycles. The summed E-state index contributed by atoms with van der Waals surface area (Å²) in [5.41, 5.74) is 0.772. The predicted molar refractivity (Wildman–Crippen MR) is 93.5 cm³/mol. The number of carbonyl (C=O) groups is 1. The second-order valence-electron chi connectivity index (χ2n) is 6.06. The van der Waals surface area contributed by atoms with Crippen molar-refractivity contribution in [3.63, 3.8) is 0 Å². The van der Waals surface area contributed by atoms with Crippen LogP contribution in [0.2, 0.25) is 0 Å². The number of hydrogen-bond donors (Lipinski definition) is 1. The van der Waals surface area contributed by atoms with Crippen LogP contribution in [-0.4, -0.2) is 54.8 Å². The van der Waals surface area contributed by atoms with E-state index in [0.717, 1.165) is 11.6 Å². The summed E-state index contributed by atoms with van der Waals surface area (Å²) in [5, 5.41) is 9.27. The van der Waals surface area contributed by atoms with Crippen LogP contribution >= 0.6 is 0 Å². The molecule has 0 saturated carbocycles. The summed E-state index contributed by atoms with van der Waals surface area (Å²) in [6, 6.07) is 11.7. The van der Waals surface area contributed by atoms with E-state index in [-0.39, 0.29) is 49.2 Å². The number of halogens is 1. The van der Waals surface area contributed by atoms with Crippen LogP contribution < -0.4 is 0 Å². The zero-order valence-corrected chi connectivity index (χ0v) is 14.8. The summed E-state index contributed by atoms with van der Waals surface area (Å²) >= 11 is 0. The number of carbonyl (C=O) groups excluding carboxylic acids is 1. The smallest absolute Gasteiger partial charge is 0.246 e. The molecule has 1 aliphatic rings. The highest BCUT2D eigenvalue weighted by atomic mass is 32.2. The first-order chi connectivity index (χ1) is 12.4. The Morgan fingerprint density at radius 1 is 1.00 bits per heavy atom. The third-order valence-corrected chi connectivity index (χ3v) is 6.27. The van der Waals surface area contributed by atoms with Crippen LogP contribution in [0.15, 0.2) is 53.4 Å². The Morgan fingerprint density at radius 2 is 1.62 bits per heavy atom. The van der Waals surface area contributed by atoms with Gasteiger partial charge in [-0.2, -0.15) is 4.31 Å². The van der Waals surface area contributed by atoms with E-state index < -0.39 is 15.8 Å². The lowest BCUT2D eigenvalue weighted by Gasteiger charge is -2.34. The Kier molecular flexibility index (Phi) is 5.24. The Labute approximate surface area is 151 Å². The molecule has 26 heavy (non-hydrogen) atoms. The van der Waals surface area contributed by atoms with Crippen LogP contribution in [0, 0.1) is 5.82 Å². The van der Waals surface area contributed by atoms with Crippen molar-refractivity contribution in [2.24, 2.45) is 0 Å². The van der Waals surface area contributed by atoms with Gasteiger partial charge in [-0.3, -0.25) is 4.79 Å².